The standard InChI is InChI=1S/C11H17N3O5S.ClH/c1-3-12-6-7-13-20(17,18)11-5-4-9(19-2)8-10(11)14(15)16;/h4-5,8,12-13H,3,6-7H2,1-2H3;1H. The molecule has 0 saturated heterocycles. The van der Waals surface area contributed by atoms with E-state index < -0.39 is 20.6 Å². The number of sulfonamides is 1. The monoisotopic (exact) mass is 339 g/mol. The Kier molecular flexibility index (Phi) is 8.18. The van der Waals surface area contributed by atoms with Crippen molar-refractivity contribution < 1.29 is 18.1 Å². The molecule has 0 amide bonds. The molecule has 0 unspecified atom stereocenters. The summed E-state index contributed by atoms with van der Waals surface area (Å²) in [6, 6.07) is 3.61. The lowest BCUT2D eigenvalue weighted by molar-refractivity contribution is -0.387. The molecule has 120 valence electrons. The molecule has 8 nitrogen and oxygen atoms in total. The Hall–Kier alpha value is -1.42. The van der Waals surface area contributed by atoms with Gasteiger partial charge in [-0.2, -0.15) is 0 Å². The number of nitrogens with one attached hydrogen (secondary N) is 2. The summed E-state index contributed by atoms with van der Waals surface area (Å²) in [5.41, 5.74) is -0.514. The van der Waals surface area contributed by atoms with Crippen molar-refractivity contribution in [3.8, 4) is 5.75 Å². The summed E-state index contributed by atoms with van der Waals surface area (Å²) in [5, 5.41) is 13.9. The number of ether oxygens (including phenoxy) is 1. The number of halogens is 1. The van der Waals surface area contributed by atoms with E-state index in [-0.39, 0.29) is 29.6 Å². The molecule has 2 N–H and O–H groups in total. The Bertz CT molecular complexity index is 579. The van der Waals surface area contributed by atoms with E-state index in [1.807, 2.05) is 6.92 Å². The largest absolute Gasteiger partial charge is 0.497 e. The first-order chi connectivity index (χ1) is 9.42. The van der Waals surface area contributed by atoms with Crippen molar-refractivity contribution in [2.24, 2.45) is 0 Å². The fourth-order valence-corrected chi connectivity index (χ4v) is 2.70. The summed E-state index contributed by atoms with van der Waals surface area (Å²) in [4.78, 5) is 9.83. The van der Waals surface area contributed by atoms with E-state index in [9.17, 15) is 18.5 Å². The van der Waals surface area contributed by atoms with Crippen LogP contribution in [0.5, 0.6) is 5.75 Å². The van der Waals surface area contributed by atoms with Gasteiger partial charge in [0.05, 0.1) is 18.1 Å². The summed E-state index contributed by atoms with van der Waals surface area (Å²) in [7, 11) is -2.58. The lowest BCUT2D eigenvalue weighted by Gasteiger charge is -2.08. The second-order valence-electron chi connectivity index (χ2n) is 3.84. The summed E-state index contributed by atoms with van der Waals surface area (Å²) in [6.07, 6.45) is 0. The molecule has 1 rings (SSSR count). The maximum absolute atomic E-state index is 12.0. The van der Waals surface area contributed by atoms with E-state index in [0.29, 0.717) is 13.1 Å². The third-order valence-electron chi connectivity index (χ3n) is 2.50. The van der Waals surface area contributed by atoms with E-state index in [1.165, 1.54) is 13.2 Å². The van der Waals surface area contributed by atoms with Crippen LogP contribution in [0.25, 0.3) is 0 Å². The molecule has 0 atom stereocenters. The first-order valence-corrected chi connectivity index (χ1v) is 7.43. The van der Waals surface area contributed by atoms with E-state index >= 15 is 0 Å². The first kappa shape index (κ1) is 19.6. The van der Waals surface area contributed by atoms with Gasteiger partial charge >= 0.3 is 0 Å². The van der Waals surface area contributed by atoms with Gasteiger partial charge in [0.25, 0.3) is 5.69 Å². The van der Waals surface area contributed by atoms with E-state index in [4.69, 9.17) is 4.74 Å². The van der Waals surface area contributed by atoms with E-state index in [1.54, 1.807) is 0 Å². The van der Waals surface area contributed by atoms with Gasteiger partial charge in [-0.25, -0.2) is 13.1 Å². The molecular formula is C11H18ClN3O5S. The number of nitro groups is 1. The van der Waals surface area contributed by atoms with Crippen LogP contribution in [0, 0.1) is 10.1 Å². The molecule has 1 aromatic carbocycles. The minimum absolute atomic E-state index is 0. The number of methoxy groups -OCH3 is 1. The molecule has 10 heteroatoms. The Morgan fingerprint density at radius 2 is 2.00 bits per heavy atom. The predicted octanol–water partition coefficient (Wildman–Crippen LogP) is 0.913. The Morgan fingerprint density at radius 3 is 2.52 bits per heavy atom. The van der Waals surface area contributed by atoms with Gasteiger partial charge in [0, 0.05) is 13.1 Å². The van der Waals surface area contributed by atoms with Gasteiger partial charge in [-0.3, -0.25) is 10.1 Å². The van der Waals surface area contributed by atoms with Crippen LogP contribution in [-0.2, 0) is 10.0 Å². The smallest absolute Gasteiger partial charge is 0.293 e. The average molecular weight is 340 g/mol. The Balaban J connectivity index is 0.00000400. The zero-order valence-corrected chi connectivity index (χ0v) is 13.3. The topological polar surface area (TPSA) is 111 Å². The van der Waals surface area contributed by atoms with Gasteiger partial charge in [-0.1, -0.05) is 6.92 Å². The number of nitrogens with zero attached hydrogens (tertiary/aromatic N) is 1. The number of hydrogen-bond donors (Lipinski definition) is 2. The zero-order chi connectivity index (χ0) is 15.2. The molecule has 0 radical (unpaired) electrons. The van der Waals surface area contributed by atoms with E-state index in [2.05, 4.69) is 10.0 Å². The number of rotatable bonds is 8. The first-order valence-electron chi connectivity index (χ1n) is 5.95. The maximum atomic E-state index is 12.0. The third-order valence-corrected chi connectivity index (χ3v) is 4.00. The molecule has 21 heavy (non-hydrogen) atoms. The quantitative estimate of drug-likeness (QED) is 0.414. The van der Waals surface area contributed by atoms with Crippen molar-refractivity contribution >= 4 is 28.1 Å². The van der Waals surface area contributed by atoms with Gasteiger partial charge in [-0.15, -0.1) is 12.4 Å². The average Bonchev–Trinajstić information content (AvgIpc) is 2.42. The third kappa shape index (κ3) is 5.46. The molecular weight excluding hydrogens is 322 g/mol. The van der Waals surface area contributed by atoms with Gasteiger partial charge in [0.2, 0.25) is 10.0 Å². The molecule has 0 aromatic heterocycles. The number of hydrogen-bond acceptors (Lipinski definition) is 6. The van der Waals surface area contributed by atoms with Crippen molar-refractivity contribution in [1.29, 1.82) is 0 Å². The van der Waals surface area contributed by atoms with Gasteiger partial charge < -0.3 is 10.1 Å². The zero-order valence-electron chi connectivity index (χ0n) is 11.7. The van der Waals surface area contributed by atoms with Crippen LogP contribution in [-0.4, -0.2) is 40.1 Å². The highest BCUT2D eigenvalue weighted by molar-refractivity contribution is 7.89. The summed E-state index contributed by atoms with van der Waals surface area (Å²) >= 11 is 0. The molecule has 0 aliphatic rings. The minimum atomic E-state index is -3.93. The number of nitro benzene ring substituents is 1. The molecule has 0 saturated carbocycles. The molecule has 0 aliphatic carbocycles. The summed E-state index contributed by atoms with van der Waals surface area (Å²) < 4.78 is 31.2. The van der Waals surface area contributed by atoms with Crippen molar-refractivity contribution in [2.45, 2.75) is 11.8 Å². The van der Waals surface area contributed by atoms with Crippen LogP contribution >= 0.6 is 12.4 Å². The van der Waals surface area contributed by atoms with Crippen LogP contribution in [0.4, 0.5) is 5.69 Å². The van der Waals surface area contributed by atoms with Crippen LogP contribution in [0.2, 0.25) is 0 Å². The van der Waals surface area contributed by atoms with Gasteiger partial charge in [0.1, 0.15) is 5.75 Å². The summed E-state index contributed by atoms with van der Waals surface area (Å²) in [6.45, 7) is 3.20. The van der Waals surface area contributed by atoms with Gasteiger partial charge in [0.15, 0.2) is 4.90 Å². The SMILES string of the molecule is CCNCCNS(=O)(=O)c1ccc(OC)cc1[N+](=O)[O-].Cl. The Morgan fingerprint density at radius 1 is 1.33 bits per heavy atom. The molecule has 0 fully saturated rings. The second-order valence-corrected chi connectivity index (χ2v) is 5.58. The molecule has 0 bridgehead atoms. The normalized spacial score (nSPS) is 10.8. The molecule has 0 spiro atoms. The predicted molar refractivity (Wildman–Crippen MR) is 80.6 cm³/mol. The fraction of sp³-hybridized carbons (Fsp3) is 0.455. The summed E-state index contributed by atoms with van der Waals surface area (Å²) in [5.74, 6) is 0.225. The molecule has 1 aromatic rings. The Labute approximate surface area is 129 Å². The van der Waals surface area contributed by atoms with Crippen molar-refractivity contribution in [3.63, 3.8) is 0 Å². The van der Waals surface area contributed by atoms with Crippen LogP contribution in [0.1, 0.15) is 6.92 Å². The van der Waals surface area contributed by atoms with Gasteiger partial charge in [-0.05, 0) is 18.7 Å². The van der Waals surface area contributed by atoms with Crippen LogP contribution in [0.15, 0.2) is 23.1 Å². The lowest BCUT2D eigenvalue weighted by atomic mass is 10.3. The van der Waals surface area contributed by atoms with Crippen LogP contribution < -0.4 is 14.8 Å². The van der Waals surface area contributed by atoms with Crippen molar-refractivity contribution in [3.05, 3.63) is 28.3 Å². The lowest BCUT2D eigenvalue weighted by Crippen LogP contribution is -2.32. The van der Waals surface area contributed by atoms with Crippen molar-refractivity contribution in [1.82, 2.24) is 10.0 Å². The second kappa shape index (κ2) is 8.78. The maximum Gasteiger partial charge on any atom is 0.293 e. The van der Waals surface area contributed by atoms with Crippen molar-refractivity contribution in [2.75, 3.05) is 26.7 Å². The number of benzene rings is 1. The highest BCUT2D eigenvalue weighted by atomic mass is 35.5. The highest BCUT2D eigenvalue weighted by Gasteiger charge is 2.25. The minimum Gasteiger partial charge on any atom is -0.497 e. The highest BCUT2D eigenvalue weighted by Crippen LogP contribution is 2.27. The molecule has 0 heterocycles. The number of likely N-dealkylation sites (N-methyl/N-ethyl adjacent to an activating group) is 1. The van der Waals surface area contributed by atoms with E-state index in [0.717, 1.165) is 12.1 Å². The van der Waals surface area contributed by atoms with Crippen LogP contribution in [0.3, 0.4) is 0 Å². The molecule has 0 aliphatic heterocycles. The fourth-order valence-electron chi connectivity index (χ4n) is 1.52.